The molecule has 5 rings (SSSR count). The number of methoxy groups -OCH3 is 1. The minimum atomic E-state index is -0.689. The minimum absolute atomic E-state index is 0.0625. The van der Waals surface area contributed by atoms with Crippen LogP contribution in [0.1, 0.15) is 29.7 Å². The van der Waals surface area contributed by atoms with Crippen molar-refractivity contribution >= 4 is 17.4 Å². The lowest BCUT2D eigenvalue weighted by Gasteiger charge is -2.31. The van der Waals surface area contributed by atoms with Gasteiger partial charge in [0.05, 0.1) is 31.9 Å². The van der Waals surface area contributed by atoms with Gasteiger partial charge in [0.1, 0.15) is 23.4 Å². The highest BCUT2D eigenvalue weighted by Gasteiger charge is 2.46. The van der Waals surface area contributed by atoms with E-state index in [0.717, 1.165) is 36.4 Å². The Morgan fingerprint density at radius 2 is 1.83 bits per heavy atom. The highest BCUT2D eigenvalue weighted by molar-refractivity contribution is 6.46. The smallest absolute Gasteiger partial charge is 0.295 e. The first kappa shape index (κ1) is 23.4. The lowest BCUT2D eigenvalue weighted by atomic mass is 9.94. The van der Waals surface area contributed by atoms with E-state index < -0.39 is 17.7 Å². The third-order valence-corrected chi connectivity index (χ3v) is 6.90. The Hall–Kier alpha value is -3.36. The Morgan fingerprint density at radius 1 is 1.09 bits per heavy atom. The Morgan fingerprint density at radius 3 is 2.54 bits per heavy atom. The number of carbonyl (C=O) groups is 2. The zero-order valence-electron chi connectivity index (χ0n) is 20.0. The average molecular weight is 479 g/mol. The number of rotatable bonds is 6. The molecule has 0 spiro atoms. The molecular weight excluding hydrogens is 448 g/mol. The third-order valence-electron chi connectivity index (χ3n) is 6.90. The molecule has 1 amide bonds. The topological polar surface area (TPSA) is 88.5 Å². The Bertz CT molecular complexity index is 1150. The summed E-state index contributed by atoms with van der Waals surface area (Å²) in [5.41, 5.74) is 2.33. The molecule has 3 aliphatic heterocycles. The van der Waals surface area contributed by atoms with Crippen molar-refractivity contribution in [2.45, 2.75) is 25.5 Å². The van der Waals surface area contributed by atoms with Gasteiger partial charge in [0.25, 0.3) is 11.7 Å². The van der Waals surface area contributed by atoms with Gasteiger partial charge in [-0.1, -0.05) is 12.1 Å². The van der Waals surface area contributed by atoms with Crippen LogP contribution in [0.5, 0.6) is 11.5 Å². The summed E-state index contributed by atoms with van der Waals surface area (Å²) in [6, 6.07) is 12.0. The molecule has 0 aliphatic carbocycles. The lowest BCUT2D eigenvalue weighted by molar-refractivity contribution is -0.140. The van der Waals surface area contributed by atoms with Gasteiger partial charge in [0.2, 0.25) is 0 Å². The largest absolute Gasteiger partial charge is 0.507 e. The second-order valence-electron chi connectivity index (χ2n) is 9.17. The molecule has 2 aromatic carbocycles. The molecule has 2 saturated heterocycles. The molecule has 8 heteroatoms. The van der Waals surface area contributed by atoms with E-state index in [9.17, 15) is 14.7 Å². The van der Waals surface area contributed by atoms with Crippen molar-refractivity contribution in [1.29, 1.82) is 0 Å². The van der Waals surface area contributed by atoms with Crippen LogP contribution in [0.4, 0.5) is 0 Å². The van der Waals surface area contributed by atoms with E-state index in [1.54, 1.807) is 30.2 Å². The highest BCUT2D eigenvalue weighted by atomic mass is 16.5. The molecule has 0 aromatic heterocycles. The molecule has 0 unspecified atom stereocenters. The summed E-state index contributed by atoms with van der Waals surface area (Å²) in [6.07, 6.45) is 0.791. The van der Waals surface area contributed by atoms with Gasteiger partial charge in [-0.3, -0.25) is 14.5 Å². The monoisotopic (exact) mass is 478 g/mol. The number of ether oxygens (including phenoxy) is 3. The summed E-state index contributed by atoms with van der Waals surface area (Å²) in [5.74, 6) is 0.0213. The number of fused-ring (bicyclic) bond motifs is 1. The molecule has 184 valence electrons. The molecule has 0 bridgehead atoms. The molecule has 2 atom stereocenters. The van der Waals surface area contributed by atoms with Crippen molar-refractivity contribution in [3.05, 3.63) is 64.7 Å². The Labute approximate surface area is 204 Å². The summed E-state index contributed by atoms with van der Waals surface area (Å²) in [5, 5.41) is 11.4. The van der Waals surface area contributed by atoms with Gasteiger partial charge in [0.15, 0.2) is 0 Å². The SMILES string of the molecule is COc1ccc([C@H]2/C(=C(\O)c3ccc4c(c3)C[C@@H](C)O4)C(=O)C(=O)N2CCN2CCOCC2)cc1. The van der Waals surface area contributed by atoms with E-state index in [-0.39, 0.29) is 17.4 Å². The third kappa shape index (κ3) is 4.51. The average Bonchev–Trinajstić information content (AvgIpc) is 3.38. The first-order chi connectivity index (χ1) is 17.0. The van der Waals surface area contributed by atoms with Gasteiger partial charge in [-0.25, -0.2) is 0 Å². The number of likely N-dealkylation sites (tertiary alicyclic amines) is 1. The number of aliphatic hydroxyl groups excluding tert-OH is 1. The van der Waals surface area contributed by atoms with Crippen LogP contribution in [0, 0.1) is 0 Å². The van der Waals surface area contributed by atoms with Crippen LogP contribution in [0.3, 0.4) is 0 Å². The predicted molar refractivity (Wildman–Crippen MR) is 129 cm³/mol. The van der Waals surface area contributed by atoms with E-state index in [1.807, 2.05) is 31.2 Å². The van der Waals surface area contributed by atoms with Crippen LogP contribution in [0.2, 0.25) is 0 Å². The number of carbonyl (C=O) groups excluding carboxylic acids is 2. The summed E-state index contributed by atoms with van der Waals surface area (Å²) in [4.78, 5) is 30.3. The predicted octanol–water partition coefficient (Wildman–Crippen LogP) is 2.77. The maximum Gasteiger partial charge on any atom is 0.295 e. The number of Topliss-reactive ketones (excluding diaryl/α,β-unsaturated/α-hetero) is 1. The zero-order chi connectivity index (χ0) is 24.5. The number of hydrogen-bond acceptors (Lipinski definition) is 7. The summed E-state index contributed by atoms with van der Waals surface area (Å²) in [6.45, 7) is 5.86. The zero-order valence-corrected chi connectivity index (χ0v) is 20.0. The van der Waals surface area contributed by atoms with Gasteiger partial charge in [0, 0.05) is 38.2 Å². The molecule has 2 aromatic rings. The van der Waals surface area contributed by atoms with Gasteiger partial charge in [-0.15, -0.1) is 0 Å². The van der Waals surface area contributed by atoms with Gasteiger partial charge in [-0.2, -0.15) is 0 Å². The van der Waals surface area contributed by atoms with Gasteiger partial charge in [-0.05, 0) is 48.4 Å². The molecular formula is C27H30N2O6. The molecule has 35 heavy (non-hydrogen) atoms. The first-order valence-electron chi connectivity index (χ1n) is 12.0. The van der Waals surface area contributed by atoms with Crippen molar-refractivity contribution in [3.63, 3.8) is 0 Å². The normalized spacial score (nSPS) is 23.9. The highest BCUT2D eigenvalue weighted by Crippen LogP contribution is 2.40. The molecule has 8 nitrogen and oxygen atoms in total. The summed E-state index contributed by atoms with van der Waals surface area (Å²) < 4.78 is 16.5. The second kappa shape index (κ2) is 9.71. The number of ketones is 1. The van der Waals surface area contributed by atoms with Crippen LogP contribution in [0.15, 0.2) is 48.0 Å². The fraction of sp³-hybridized carbons (Fsp3) is 0.407. The number of hydrogen-bond donors (Lipinski definition) is 1. The van der Waals surface area contributed by atoms with Crippen molar-refractivity contribution in [1.82, 2.24) is 9.80 Å². The Balaban J connectivity index is 1.53. The number of benzene rings is 2. The van der Waals surface area contributed by atoms with Crippen molar-refractivity contribution < 1.29 is 28.9 Å². The van der Waals surface area contributed by atoms with E-state index in [0.29, 0.717) is 37.6 Å². The second-order valence-corrected chi connectivity index (χ2v) is 9.17. The van der Waals surface area contributed by atoms with Crippen molar-refractivity contribution in [2.24, 2.45) is 0 Å². The van der Waals surface area contributed by atoms with Crippen LogP contribution in [0.25, 0.3) is 5.76 Å². The summed E-state index contributed by atoms with van der Waals surface area (Å²) in [7, 11) is 1.59. The van der Waals surface area contributed by atoms with E-state index in [1.165, 1.54) is 0 Å². The number of nitrogens with zero attached hydrogens (tertiary/aromatic N) is 2. The van der Waals surface area contributed by atoms with E-state index in [4.69, 9.17) is 14.2 Å². The molecule has 1 N–H and O–H groups in total. The maximum absolute atomic E-state index is 13.3. The molecule has 0 saturated carbocycles. The van der Waals surface area contributed by atoms with Crippen LogP contribution < -0.4 is 9.47 Å². The molecule has 3 heterocycles. The maximum atomic E-state index is 13.3. The van der Waals surface area contributed by atoms with Crippen molar-refractivity contribution in [3.8, 4) is 11.5 Å². The lowest BCUT2D eigenvalue weighted by Crippen LogP contribution is -2.42. The van der Waals surface area contributed by atoms with Gasteiger partial charge < -0.3 is 24.2 Å². The fourth-order valence-electron chi connectivity index (χ4n) is 5.04. The quantitative estimate of drug-likeness (QED) is 0.388. The number of aliphatic hydroxyl groups is 1. The van der Waals surface area contributed by atoms with Crippen LogP contribution in [-0.4, -0.2) is 79.2 Å². The van der Waals surface area contributed by atoms with Crippen LogP contribution in [-0.2, 0) is 20.7 Å². The first-order valence-corrected chi connectivity index (χ1v) is 12.0. The van der Waals surface area contributed by atoms with Crippen LogP contribution >= 0.6 is 0 Å². The fourth-order valence-corrected chi connectivity index (χ4v) is 5.04. The number of morpholine rings is 1. The molecule has 2 fully saturated rings. The Kier molecular flexibility index (Phi) is 6.49. The van der Waals surface area contributed by atoms with Crippen molar-refractivity contribution in [2.75, 3.05) is 46.5 Å². The molecule has 3 aliphatic rings. The number of amides is 1. The van der Waals surface area contributed by atoms with E-state index in [2.05, 4.69) is 4.90 Å². The van der Waals surface area contributed by atoms with E-state index >= 15 is 0 Å². The molecule has 0 radical (unpaired) electrons. The minimum Gasteiger partial charge on any atom is -0.507 e. The summed E-state index contributed by atoms with van der Waals surface area (Å²) >= 11 is 0. The standard InChI is InChI=1S/C27H30N2O6/c1-17-15-20-16-19(5-8-22(20)35-17)25(30)23-24(18-3-6-21(33-2)7-4-18)29(27(32)26(23)31)10-9-28-11-13-34-14-12-28/h3-8,16-17,24,30H,9-15H2,1-2H3/b25-23+/t17-,24+/m1/s1. The van der Waals surface area contributed by atoms with Gasteiger partial charge >= 0.3 is 0 Å².